The van der Waals surface area contributed by atoms with Crippen LogP contribution in [-0.2, 0) is 0 Å². The van der Waals surface area contributed by atoms with Gasteiger partial charge in [0.2, 0.25) is 0 Å². The van der Waals surface area contributed by atoms with Gasteiger partial charge in [-0.05, 0) is 46.0 Å². The van der Waals surface area contributed by atoms with Crippen molar-refractivity contribution in [2.75, 3.05) is 4.90 Å². The fourth-order valence-corrected chi connectivity index (χ4v) is 4.04. The standard InChI is InChI=1S/C18H26N4O/c1-11(2)12-9-19-21-10-15-17(20-16(12)21)22(18(3,4)5)13-7-6-8-14(13)23-15/h9-11,13-14H,6-8H2,1-5H3. The normalized spacial score (nSPS) is 24.0. The summed E-state index contributed by atoms with van der Waals surface area (Å²) in [6, 6.07) is 0.433. The number of ether oxygens (including phenoxy) is 1. The molecule has 2 aliphatic rings. The minimum atomic E-state index is 0.0230. The highest BCUT2D eigenvalue weighted by Gasteiger charge is 2.44. The zero-order valence-corrected chi connectivity index (χ0v) is 14.7. The minimum absolute atomic E-state index is 0.0230. The van der Waals surface area contributed by atoms with E-state index in [0.29, 0.717) is 12.0 Å². The van der Waals surface area contributed by atoms with Gasteiger partial charge in [-0.2, -0.15) is 5.10 Å². The molecule has 2 atom stereocenters. The van der Waals surface area contributed by atoms with Crippen molar-refractivity contribution in [1.29, 1.82) is 0 Å². The van der Waals surface area contributed by atoms with Crippen molar-refractivity contribution < 1.29 is 4.74 Å². The van der Waals surface area contributed by atoms with Crippen LogP contribution in [0.5, 0.6) is 5.75 Å². The first-order valence-electron chi connectivity index (χ1n) is 8.70. The maximum absolute atomic E-state index is 6.29. The summed E-state index contributed by atoms with van der Waals surface area (Å²) in [4.78, 5) is 7.49. The van der Waals surface area contributed by atoms with Crippen LogP contribution < -0.4 is 9.64 Å². The third-order valence-electron chi connectivity index (χ3n) is 5.07. The maximum atomic E-state index is 6.29. The lowest BCUT2D eigenvalue weighted by Gasteiger charge is -2.47. The fourth-order valence-electron chi connectivity index (χ4n) is 4.04. The molecular formula is C18H26N4O. The molecule has 0 saturated heterocycles. The maximum Gasteiger partial charge on any atom is 0.180 e. The lowest BCUT2D eigenvalue weighted by Crippen LogP contribution is -2.55. The number of hydrogen-bond donors (Lipinski definition) is 0. The molecule has 1 aliphatic carbocycles. The van der Waals surface area contributed by atoms with E-state index in [1.165, 1.54) is 18.4 Å². The predicted molar refractivity (Wildman–Crippen MR) is 91.4 cm³/mol. The number of hydrogen-bond acceptors (Lipinski definition) is 4. The van der Waals surface area contributed by atoms with E-state index in [2.05, 4.69) is 44.6 Å². The fraction of sp³-hybridized carbons (Fsp3) is 0.667. The summed E-state index contributed by atoms with van der Waals surface area (Å²) in [7, 11) is 0. The van der Waals surface area contributed by atoms with Gasteiger partial charge in [-0.15, -0.1) is 0 Å². The molecule has 2 unspecified atom stereocenters. The SMILES string of the molecule is CC(C)c1cnn2cc3c(nc12)N(C(C)(C)C)C1CCCC1O3. The van der Waals surface area contributed by atoms with Gasteiger partial charge in [0.1, 0.15) is 6.10 Å². The smallest absolute Gasteiger partial charge is 0.180 e. The minimum Gasteiger partial charge on any atom is -0.483 e. The number of aromatic nitrogens is 3. The third-order valence-corrected chi connectivity index (χ3v) is 5.07. The van der Waals surface area contributed by atoms with Crippen molar-refractivity contribution in [2.24, 2.45) is 0 Å². The molecule has 4 rings (SSSR count). The molecule has 5 nitrogen and oxygen atoms in total. The molecule has 0 spiro atoms. The predicted octanol–water partition coefficient (Wildman–Crippen LogP) is 3.77. The van der Waals surface area contributed by atoms with Crippen LogP contribution in [0, 0.1) is 0 Å². The van der Waals surface area contributed by atoms with Crippen LogP contribution >= 0.6 is 0 Å². The van der Waals surface area contributed by atoms with Gasteiger partial charge in [-0.1, -0.05) is 13.8 Å². The highest BCUT2D eigenvalue weighted by atomic mass is 16.5. The largest absolute Gasteiger partial charge is 0.483 e. The molecule has 124 valence electrons. The molecule has 0 aromatic carbocycles. The van der Waals surface area contributed by atoms with E-state index in [0.717, 1.165) is 23.6 Å². The Morgan fingerprint density at radius 1 is 1.26 bits per heavy atom. The zero-order chi connectivity index (χ0) is 16.4. The summed E-state index contributed by atoms with van der Waals surface area (Å²) >= 11 is 0. The molecule has 0 amide bonds. The van der Waals surface area contributed by atoms with Crippen LogP contribution in [0.2, 0.25) is 0 Å². The Balaban J connectivity index is 1.92. The molecule has 0 N–H and O–H groups in total. The lowest BCUT2D eigenvalue weighted by molar-refractivity contribution is 0.156. The van der Waals surface area contributed by atoms with Crippen molar-refractivity contribution in [3.63, 3.8) is 0 Å². The molecule has 5 heteroatoms. The Kier molecular flexibility index (Phi) is 3.12. The first-order valence-corrected chi connectivity index (χ1v) is 8.70. The summed E-state index contributed by atoms with van der Waals surface area (Å²) in [5, 5.41) is 4.48. The molecule has 0 bridgehead atoms. The van der Waals surface area contributed by atoms with Gasteiger partial charge in [0, 0.05) is 11.1 Å². The van der Waals surface area contributed by atoms with Gasteiger partial charge in [0.25, 0.3) is 0 Å². The van der Waals surface area contributed by atoms with Gasteiger partial charge in [0.05, 0.1) is 18.4 Å². The van der Waals surface area contributed by atoms with Crippen LogP contribution in [-0.4, -0.2) is 32.3 Å². The van der Waals surface area contributed by atoms with Crippen LogP contribution in [0.3, 0.4) is 0 Å². The molecule has 1 saturated carbocycles. The Hall–Kier alpha value is -1.78. The average molecular weight is 314 g/mol. The van der Waals surface area contributed by atoms with E-state index < -0.39 is 0 Å². The van der Waals surface area contributed by atoms with E-state index >= 15 is 0 Å². The van der Waals surface area contributed by atoms with E-state index in [-0.39, 0.29) is 11.6 Å². The molecule has 1 fully saturated rings. The van der Waals surface area contributed by atoms with Crippen molar-refractivity contribution in [3.8, 4) is 5.75 Å². The van der Waals surface area contributed by atoms with Gasteiger partial charge in [-0.3, -0.25) is 0 Å². The Morgan fingerprint density at radius 3 is 2.74 bits per heavy atom. The Labute approximate surface area is 137 Å². The molecule has 2 aromatic rings. The average Bonchev–Trinajstić information content (AvgIpc) is 3.06. The molecule has 3 heterocycles. The van der Waals surface area contributed by atoms with Crippen molar-refractivity contribution in [2.45, 2.75) is 77.5 Å². The summed E-state index contributed by atoms with van der Waals surface area (Å²) in [6.07, 6.45) is 7.76. The van der Waals surface area contributed by atoms with Crippen molar-refractivity contribution in [1.82, 2.24) is 14.6 Å². The van der Waals surface area contributed by atoms with E-state index in [1.807, 2.05) is 16.9 Å². The third kappa shape index (κ3) is 2.20. The second kappa shape index (κ2) is 4.86. The topological polar surface area (TPSA) is 42.7 Å². The summed E-state index contributed by atoms with van der Waals surface area (Å²) in [5.74, 6) is 2.26. The number of nitrogens with zero attached hydrogens (tertiary/aromatic N) is 4. The van der Waals surface area contributed by atoms with Gasteiger partial charge in [0.15, 0.2) is 17.2 Å². The first-order chi connectivity index (χ1) is 10.9. The molecule has 1 aliphatic heterocycles. The van der Waals surface area contributed by atoms with E-state index in [1.54, 1.807) is 0 Å². The lowest BCUT2D eigenvalue weighted by atomic mass is 9.99. The Morgan fingerprint density at radius 2 is 2.04 bits per heavy atom. The Bertz CT molecular complexity index is 743. The highest BCUT2D eigenvalue weighted by Crippen LogP contribution is 2.44. The molecule has 2 aromatic heterocycles. The molecule has 23 heavy (non-hydrogen) atoms. The number of fused-ring (bicyclic) bond motifs is 3. The molecular weight excluding hydrogens is 288 g/mol. The van der Waals surface area contributed by atoms with Crippen LogP contribution in [0.4, 0.5) is 5.82 Å². The van der Waals surface area contributed by atoms with Crippen LogP contribution in [0.15, 0.2) is 12.4 Å². The van der Waals surface area contributed by atoms with Crippen LogP contribution in [0.25, 0.3) is 5.65 Å². The van der Waals surface area contributed by atoms with Crippen molar-refractivity contribution in [3.05, 3.63) is 18.0 Å². The number of anilines is 1. The van der Waals surface area contributed by atoms with E-state index in [9.17, 15) is 0 Å². The quantitative estimate of drug-likeness (QED) is 0.803. The second-order valence-corrected chi connectivity index (χ2v) is 8.15. The van der Waals surface area contributed by atoms with E-state index in [4.69, 9.17) is 9.72 Å². The summed E-state index contributed by atoms with van der Waals surface area (Å²) in [6.45, 7) is 11.2. The second-order valence-electron chi connectivity index (χ2n) is 8.15. The van der Waals surface area contributed by atoms with Gasteiger partial charge < -0.3 is 9.64 Å². The van der Waals surface area contributed by atoms with Crippen LogP contribution in [0.1, 0.15) is 65.4 Å². The van der Waals surface area contributed by atoms with Gasteiger partial charge in [-0.25, -0.2) is 9.50 Å². The van der Waals surface area contributed by atoms with Crippen molar-refractivity contribution >= 4 is 11.5 Å². The summed E-state index contributed by atoms with van der Waals surface area (Å²) < 4.78 is 8.16. The first kappa shape index (κ1) is 14.8. The monoisotopic (exact) mass is 314 g/mol. The van der Waals surface area contributed by atoms with Gasteiger partial charge >= 0.3 is 0 Å². The summed E-state index contributed by atoms with van der Waals surface area (Å²) in [5.41, 5.74) is 2.16. The number of rotatable bonds is 1. The zero-order valence-electron chi connectivity index (χ0n) is 14.7. The molecule has 0 radical (unpaired) electrons. The highest BCUT2D eigenvalue weighted by molar-refractivity contribution is 5.63.